The fraction of sp³-hybridized carbons (Fsp3) is 0.865. The van der Waals surface area contributed by atoms with Crippen molar-refractivity contribution in [3.05, 3.63) is 11.8 Å². The summed E-state index contributed by atoms with van der Waals surface area (Å²) in [5.74, 6) is -0.298. The third-order valence-electron chi connectivity index (χ3n) is 12.9. The molecule has 5 heterocycles. The van der Waals surface area contributed by atoms with E-state index in [9.17, 15) is 14.4 Å². The minimum absolute atomic E-state index is 0.0392. The Balaban J connectivity index is 1.04. The molecule has 2 amide bonds. The van der Waals surface area contributed by atoms with Gasteiger partial charge in [-0.05, 0) is 97.1 Å². The molecule has 0 bridgehead atoms. The Hall–Kier alpha value is -2.28. The Labute approximate surface area is 290 Å². The molecule has 12 heteroatoms. The maximum atomic E-state index is 16.3. The van der Waals surface area contributed by atoms with Crippen LogP contribution in [0.4, 0.5) is 9.18 Å². The average Bonchev–Trinajstić information content (AvgIpc) is 3.82. The zero-order valence-electron chi connectivity index (χ0n) is 29.5. The van der Waals surface area contributed by atoms with Gasteiger partial charge in [-0.3, -0.25) is 9.59 Å². The molecular formula is C37H56FN5O6. The average molecular weight is 686 g/mol. The van der Waals surface area contributed by atoms with E-state index in [0.29, 0.717) is 44.0 Å². The molecule has 272 valence electrons. The number of ketones is 1. The van der Waals surface area contributed by atoms with Crippen LogP contribution in [0.2, 0.25) is 0 Å². The first-order valence-electron chi connectivity index (χ1n) is 19.3. The van der Waals surface area contributed by atoms with E-state index >= 15 is 4.39 Å². The largest absolute Gasteiger partial charge is 0.444 e. The zero-order chi connectivity index (χ0) is 34.0. The van der Waals surface area contributed by atoms with Gasteiger partial charge in [-0.1, -0.05) is 12.8 Å². The van der Waals surface area contributed by atoms with E-state index in [-0.39, 0.29) is 54.0 Å². The highest BCUT2D eigenvalue weighted by Gasteiger charge is 2.61. The van der Waals surface area contributed by atoms with Gasteiger partial charge < -0.3 is 39.5 Å². The number of nitrogens with one attached hydrogen (secondary N) is 2. The third kappa shape index (κ3) is 6.53. The molecule has 49 heavy (non-hydrogen) atoms. The Kier molecular flexibility index (Phi) is 9.23. The van der Waals surface area contributed by atoms with E-state index in [1.165, 1.54) is 32.1 Å². The number of amides is 2. The number of alkyl carbamates (subject to hydrolysis) is 1. The number of alkyl halides is 1. The molecule has 3 saturated carbocycles. The summed E-state index contributed by atoms with van der Waals surface area (Å²) in [6.45, 7) is 9.88. The van der Waals surface area contributed by atoms with Crippen LogP contribution in [-0.4, -0.2) is 132 Å². The summed E-state index contributed by atoms with van der Waals surface area (Å²) in [5, 5.41) is 6.44. The molecule has 12 unspecified atom stereocenters. The Bertz CT molecular complexity index is 1320. The van der Waals surface area contributed by atoms with E-state index < -0.39 is 35.9 Å². The summed E-state index contributed by atoms with van der Waals surface area (Å²) in [4.78, 5) is 47.2. The number of hydrogen-bond donors (Lipinski definition) is 2. The lowest BCUT2D eigenvalue weighted by atomic mass is 9.67. The number of nitrogens with zero attached hydrogens (tertiary/aromatic N) is 3. The van der Waals surface area contributed by atoms with Crippen LogP contribution in [0.1, 0.15) is 85.0 Å². The van der Waals surface area contributed by atoms with Crippen LogP contribution < -0.4 is 10.6 Å². The highest BCUT2D eigenvalue weighted by molar-refractivity contribution is 6.20. The molecule has 5 aliphatic heterocycles. The number of rotatable bonds is 6. The summed E-state index contributed by atoms with van der Waals surface area (Å²) in [6, 6.07) is -1.15. The Morgan fingerprint density at radius 2 is 1.76 bits per heavy atom. The molecule has 12 atom stereocenters. The Morgan fingerprint density at radius 1 is 0.959 bits per heavy atom. The van der Waals surface area contributed by atoms with Gasteiger partial charge in [0, 0.05) is 38.3 Å². The topological polar surface area (TPSA) is 113 Å². The number of Topliss-reactive ketones (excluding diaryl/α,β-unsaturated/α-hetero) is 1. The number of carbonyl (C=O) groups is 3. The molecule has 0 aromatic heterocycles. The van der Waals surface area contributed by atoms with Crippen molar-refractivity contribution >= 4 is 17.8 Å². The first-order chi connectivity index (χ1) is 23.5. The number of fused-ring (bicyclic) bond motifs is 5. The smallest absolute Gasteiger partial charge is 0.407 e. The molecule has 0 radical (unpaired) electrons. The second-order valence-electron chi connectivity index (χ2n) is 17.1. The van der Waals surface area contributed by atoms with E-state index in [1.54, 1.807) is 4.90 Å². The van der Waals surface area contributed by atoms with Crippen molar-refractivity contribution in [1.82, 2.24) is 25.3 Å². The van der Waals surface area contributed by atoms with Crippen LogP contribution in [-0.2, 0) is 23.8 Å². The quantitative estimate of drug-likeness (QED) is 0.408. The van der Waals surface area contributed by atoms with Crippen molar-refractivity contribution < 1.29 is 33.0 Å². The van der Waals surface area contributed by atoms with Gasteiger partial charge in [0.05, 0.1) is 54.2 Å². The first kappa shape index (κ1) is 33.8. The van der Waals surface area contributed by atoms with Gasteiger partial charge in [0.15, 0.2) is 5.78 Å². The highest BCUT2D eigenvalue weighted by Crippen LogP contribution is 2.52. The number of carbonyl (C=O) groups excluding carboxylic acids is 3. The van der Waals surface area contributed by atoms with Crippen LogP contribution in [0.25, 0.3) is 0 Å². The van der Waals surface area contributed by atoms with Crippen LogP contribution in [0, 0.1) is 17.8 Å². The molecule has 0 aromatic rings. The monoisotopic (exact) mass is 685 g/mol. The summed E-state index contributed by atoms with van der Waals surface area (Å²) >= 11 is 0. The highest BCUT2D eigenvalue weighted by atomic mass is 19.1. The van der Waals surface area contributed by atoms with E-state index in [1.807, 2.05) is 27.0 Å². The van der Waals surface area contributed by atoms with Crippen LogP contribution >= 0.6 is 0 Å². The molecule has 2 N–H and O–H groups in total. The van der Waals surface area contributed by atoms with Crippen LogP contribution in [0.15, 0.2) is 11.8 Å². The summed E-state index contributed by atoms with van der Waals surface area (Å²) in [7, 11) is 0. The van der Waals surface area contributed by atoms with E-state index in [0.717, 1.165) is 38.9 Å². The molecule has 8 rings (SSSR count). The van der Waals surface area contributed by atoms with Gasteiger partial charge in [-0.2, -0.15) is 0 Å². The lowest BCUT2D eigenvalue weighted by Crippen LogP contribution is -2.73. The summed E-state index contributed by atoms with van der Waals surface area (Å²) in [5.41, 5.74) is -0.492. The maximum Gasteiger partial charge on any atom is 0.407 e. The molecule has 8 aliphatic rings. The summed E-state index contributed by atoms with van der Waals surface area (Å²) in [6.07, 6.45) is 9.39. The molecule has 11 nitrogen and oxygen atoms in total. The fourth-order valence-corrected chi connectivity index (χ4v) is 10.7. The Morgan fingerprint density at radius 3 is 2.55 bits per heavy atom. The number of hydrogen-bond acceptors (Lipinski definition) is 9. The van der Waals surface area contributed by atoms with Crippen molar-refractivity contribution in [2.24, 2.45) is 17.8 Å². The third-order valence-corrected chi connectivity index (χ3v) is 12.9. The van der Waals surface area contributed by atoms with Crippen LogP contribution in [0.3, 0.4) is 0 Å². The number of halogens is 1. The van der Waals surface area contributed by atoms with Crippen molar-refractivity contribution in [2.45, 2.75) is 145 Å². The molecule has 4 saturated heterocycles. The molecule has 0 aromatic carbocycles. The van der Waals surface area contributed by atoms with Gasteiger partial charge in [0.25, 0.3) is 5.91 Å². The standard InChI is InChI=1S/C37H56FN5O6/c1-37(2,3)49-36(46)40-21-10-14-42(19-21)35(45)25-20-43-27-18-29-23(22-8-4-5-9-28(22)47-29)17-30(27)48-34-31(39-11-15-41-12-6-7-13-41)26(38)16-24(32(34)43)33(25)44/h20-24,26-32,34,39H,4-19H2,1-3H3,(H,40,46). The fourth-order valence-electron chi connectivity index (χ4n) is 10.7. The number of morpholine rings is 1. The predicted octanol–water partition coefficient (Wildman–Crippen LogP) is 3.16. The number of likely N-dealkylation sites (tertiary alicyclic amines) is 2. The minimum Gasteiger partial charge on any atom is -0.444 e. The predicted molar refractivity (Wildman–Crippen MR) is 179 cm³/mol. The molecule has 3 aliphatic carbocycles. The first-order valence-corrected chi connectivity index (χ1v) is 19.3. The SMILES string of the molecule is CC(C)(C)OC(=O)NC1CCN(C(=O)C2=CN3C4CC5OC6CCCCC6C5CC4OC4C(NCCN5CCCC5)C(F)CC(C2=O)C43)C1. The molecule has 0 spiro atoms. The molecule has 7 fully saturated rings. The maximum absolute atomic E-state index is 16.3. The molecular weight excluding hydrogens is 629 g/mol. The van der Waals surface area contributed by atoms with Gasteiger partial charge in [0.2, 0.25) is 0 Å². The van der Waals surface area contributed by atoms with Gasteiger partial charge in [-0.25, -0.2) is 9.18 Å². The van der Waals surface area contributed by atoms with Crippen molar-refractivity contribution in [1.29, 1.82) is 0 Å². The summed E-state index contributed by atoms with van der Waals surface area (Å²) < 4.78 is 35.5. The van der Waals surface area contributed by atoms with Crippen LogP contribution in [0.5, 0.6) is 0 Å². The second kappa shape index (κ2) is 13.4. The normalized spacial score (nSPS) is 41.8. The number of ether oxygens (including phenoxy) is 3. The van der Waals surface area contributed by atoms with Crippen molar-refractivity contribution in [3.8, 4) is 0 Å². The van der Waals surface area contributed by atoms with Crippen molar-refractivity contribution in [3.63, 3.8) is 0 Å². The minimum atomic E-state index is -1.26. The zero-order valence-corrected chi connectivity index (χ0v) is 29.5. The lowest BCUT2D eigenvalue weighted by molar-refractivity contribution is -0.209. The van der Waals surface area contributed by atoms with Gasteiger partial charge >= 0.3 is 6.09 Å². The lowest BCUT2D eigenvalue weighted by Gasteiger charge is -2.60. The van der Waals surface area contributed by atoms with Crippen molar-refractivity contribution in [2.75, 3.05) is 39.3 Å². The van der Waals surface area contributed by atoms with E-state index in [2.05, 4.69) is 20.4 Å². The van der Waals surface area contributed by atoms with E-state index in [4.69, 9.17) is 14.2 Å². The van der Waals surface area contributed by atoms with Gasteiger partial charge in [0.1, 0.15) is 11.8 Å². The van der Waals surface area contributed by atoms with Gasteiger partial charge in [-0.15, -0.1) is 0 Å². The second-order valence-corrected chi connectivity index (χ2v) is 17.1.